The van der Waals surface area contributed by atoms with Crippen molar-refractivity contribution < 1.29 is 9.84 Å². The van der Waals surface area contributed by atoms with E-state index in [2.05, 4.69) is 15.9 Å². The van der Waals surface area contributed by atoms with Gasteiger partial charge >= 0.3 is 0 Å². The zero-order chi connectivity index (χ0) is 14.0. The molecule has 0 aliphatic carbocycles. The highest BCUT2D eigenvalue weighted by atomic mass is 79.9. The molecule has 2 aromatic rings. The van der Waals surface area contributed by atoms with Gasteiger partial charge in [-0.2, -0.15) is 0 Å². The maximum atomic E-state index is 10.6. The fourth-order valence-corrected chi connectivity index (χ4v) is 2.59. The van der Waals surface area contributed by atoms with E-state index in [0.29, 0.717) is 0 Å². The molecular formula is C16H17BrO2. The Labute approximate surface area is 122 Å². The van der Waals surface area contributed by atoms with Crippen LogP contribution in [-0.4, -0.2) is 12.2 Å². The minimum atomic E-state index is -0.639. The summed E-state index contributed by atoms with van der Waals surface area (Å²) < 4.78 is 6.10. The number of hydrogen-bond donors (Lipinski definition) is 1. The standard InChI is InChI=1S/C16H17BrO2/c1-10-4-7-15(17)14(8-10)16(18)13-6-5-12(19-3)9-11(13)2/h4-9,16,18H,1-3H3. The quantitative estimate of drug-likeness (QED) is 0.920. The second kappa shape index (κ2) is 5.76. The van der Waals surface area contributed by atoms with E-state index in [1.165, 1.54) is 0 Å². The lowest BCUT2D eigenvalue weighted by atomic mass is 9.96. The van der Waals surface area contributed by atoms with Gasteiger partial charge in [0.1, 0.15) is 11.9 Å². The summed E-state index contributed by atoms with van der Waals surface area (Å²) in [6.07, 6.45) is -0.639. The van der Waals surface area contributed by atoms with Crippen molar-refractivity contribution in [3.63, 3.8) is 0 Å². The summed E-state index contributed by atoms with van der Waals surface area (Å²) in [6, 6.07) is 11.7. The van der Waals surface area contributed by atoms with Crippen molar-refractivity contribution in [3.8, 4) is 5.75 Å². The number of ether oxygens (including phenoxy) is 1. The van der Waals surface area contributed by atoms with E-state index < -0.39 is 6.10 Å². The number of benzene rings is 2. The molecule has 1 unspecified atom stereocenters. The van der Waals surface area contributed by atoms with Gasteiger partial charge in [0, 0.05) is 4.47 Å². The molecule has 0 saturated carbocycles. The molecule has 1 atom stereocenters. The van der Waals surface area contributed by atoms with Crippen LogP contribution in [0.5, 0.6) is 5.75 Å². The van der Waals surface area contributed by atoms with E-state index in [4.69, 9.17) is 4.74 Å². The molecule has 0 radical (unpaired) electrons. The number of aryl methyl sites for hydroxylation is 2. The van der Waals surface area contributed by atoms with Crippen LogP contribution in [0.15, 0.2) is 40.9 Å². The van der Waals surface area contributed by atoms with Crippen LogP contribution >= 0.6 is 15.9 Å². The van der Waals surface area contributed by atoms with Gasteiger partial charge in [0.05, 0.1) is 7.11 Å². The highest BCUT2D eigenvalue weighted by Crippen LogP contribution is 2.32. The number of aliphatic hydroxyl groups is 1. The lowest BCUT2D eigenvalue weighted by molar-refractivity contribution is 0.218. The van der Waals surface area contributed by atoms with Crippen molar-refractivity contribution >= 4 is 15.9 Å². The highest BCUT2D eigenvalue weighted by molar-refractivity contribution is 9.10. The molecule has 19 heavy (non-hydrogen) atoms. The molecule has 100 valence electrons. The Kier molecular flexibility index (Phi) is 4.27. The molecule has 2 nitrogen and oxygen atoms in total. The van der Waals surface area contributed by atoms with Gasteiger partial charge in [-0.05, 0) is 48.7 Å². The zero-order valence-corrected chi connectivity index (χ0v) is 12.9. The molecule has 3 heteroatoms. The number of halogens is 1. The van der Waals surface area contributed by atoms with Crippen LogP contribution in [0.1, 0.15) is 28.4 Å². The summed E-state index contributed by atoms with van der Waals surface area (Å²) in [5.41, 5.74) is 3.92. The molecule has 0 bridgehead atoms. The first-order chi connectivity index (χ1) is 9.02. The largest absolute Gasteiger partial charge is 0.497 e. The van der Waals surface area contributed by atoms with Gasteiger partial charge in [0.25, 0.3) is 0 Å². The van der Waals surface area contributed by atoms with Crippen molar-refractivity contribution in [1.82, 2.24) is 0 Å². The Morgan fingerprint density at radius 3 is 2.42 bits per heavy atom. The zero-order valence-electron chi connectivity index (χ0n) is 11.3. The second-order valence-corrected chi connectivity index (χ2v) is 5.50. The molecule has 0 aliphatic rings. The highest BCUT2D eigenvalue weighted by Gasteiger charge is 2.16. The summed E-state index contributed by atoms with van der Waals surface area (Å²) in [7, 11) is 1.64. The van der Waals surface area contributed by atoms with Gasteiger partial charge in [-0.3, -0.25) is 0 Å². The van der Waals surface area contributed by atoms with Crippen LogP contribution in [0.2, 0.25) is 0 Å². The van der Waals surface area contributed by atoms with E-state index in [1.807, 2.05) is 50.2 Å². The molecule has 0 heterocycles. The van der Waals surface area contributed by atoms with Crippen molar-refractivity contribution in [1.29, 1.82) is 0 Å². The van der Waals surface area contributed by atoms with Gasteiger partial charge in [0.15, 0.2) is 0 Å². The topological polar surface area (TPSA) is 29.5 Å². The van der Waals surface area contributed by atoms with Crippen molar-refractivity contribution in [2.45, 2.75) is 20.0 Å². The maximum Gasteiger partial charge on any atom is 0.119 e. The monoisotopic (exact) mass is 320 g/mol. The summed E-state index contributed by atoms with van der Waals surface area (Å²) in [5.74, 6) is 0.803. The SMILES string of the molecule is COc1ccc(C(O)c2cc(C)ccc2Br)c(C)c1. The van der Waals surface area contributed by atoms with Gasteiger partial charge in [0.2, 0.25) is 0 Å². The molecule has 0 saturated heterocycles. The van der Waals surface area contributed by atoms with Gasteiger partial charge in [-0.25, -0.2) is 0 Å². The van der Waals surface area contributed by atoms with Crippen LogP contribution < -0.4 is 4.74 Å². The molecule has 0 amide bonds. The van der Waals surface area contributed by atoms with E-state index >= 15 is 0 Å². The molecule has 2 aromatic carbocycles. The number of aliphatic hydroxyl groups excluding tert-OH is 1. The van der Waals surface area contributed by atoms with E-state index in [0.717, 1.165) is 32.5 Å². The lowest BCUT2D eigenvalue weighted by Gasteiger charge is -2.17. The number of rotatable bonds is 3. The third kappa shape index (κ3) is 2.99. The minimum absolute atomic E-state index is 0.639. The predicted molar refractivity (Wildman–Crippen MR) is 80.7 cm³/mol. The summed E-state index contributed by atoms with van der Waals surface area (Å²) >= 11 is 3.50. The summed E-state index contributed by atoms with van der Waals surface area (Å²) in [5, 5.41) is 10.6. The first-order valence-corrected chi connectivity index (χ1v) is 6.91. The fourth-order valence-electron chi connectivity index (χ4n) is 2.12. The number of hydrogen-bond acceptors (Lipinski definition) is 2. The van der Waals surface area contributed by atoms with E-state index in [1.54, 1.807) is 7.11 Å². The second-order valence-electron chi connectivity index (χ2n) is 4.65. The summed E-state index contributed by atoms with van der Waals surface area (Å²) in [6.45, 7) is 3.99. The Bertz CT molecular complexity index is 593. The normalized spacial score (nSPS) is 12.3. The minimum Gasteiger partial charge on any atom is -0.497 e. The number of methoxy groups -OCH3 is 1. The average Bonchev–Trinajstić information content (AvgIpc) is 2.40. The van der Waals surface area contributed by atoms with E-state index in [-0.39, 0.29) is 0 Å². The molecule has 1 N–H and O–H groups in total. The van der Waals surface area contributed by atoms with Crippen LogP contribution in [0.3, 0.4) is 0 Å². The first kappa shape index (κ1) is 14.1. The maximum absolute atomic E-state index is 10.6. The van der Waals surface area contributed by atoms with E-state index in [9.17, 15) is 5.11 Å². The molecule has 0 spiro atoms. The predicted octanol–water partition coefficient (Wildman–Crippen LogP) is 4.16. The molecule has 0 aliphatic heterocycles. The molecule has 0 fully saturated rings. The summed E-state index contributed by atoms with van der Waals surface area (Å²) in [4.78, 5) is 0. The molecule has 0 aromatic heterocycles. The first-order valence-electron chi connectivity index (χ1n) is 6.11. The smallest absolute Gasteiger partial charge is 0.119 e. The van der Waals surface area contributed by atoms with Crippen LogP contribution in [-0.2, 0) is 0 Å². The Balaban J connectivity index is 2.43. The van der Waals surface area contributed by atoms with Crippen LogP contribution in [0.4, 0.5) is 0 Å². The Morgan fingerprint density at radius 2 is 1.79 bits per heavy atom. The van der Waals surface area contributed by atoms with Crippen LogP contribution in [0.25, 0.3) is 0 Å². The van der Waals surface area contributed by atoms with Gasteiger partial charge in [-0.15, -0.1) is 0 Å². The Morgan fingerprint density at radius 1 is 1.05 bits per heavy atom. The van der Waals surface area contributed by atoms with Crippen LogP contribution in [0, 0.1) is 13.8 Å². The third-order valence-electron chi connectivity index (χ3n) is 3.22. The van der Waals surface area contributed by atoms with Crippen molar-refractivity contribution in [2.75, 3.05) is 7.11 Å². The third-order valence-corrected chi connectivity index (χ3v) is 3.94. The van der Waals surface area contributed by atoms with Gasteiger partial charge in [-0.1, -0.05) is 39.7 Å². The van der Waals surface area contributed by atoms with Gasteiger partial charge < -0.3 is 9.84 Å². The fraction of sp³-hybridized carbons (Fsp3) is 0.250. The molecule has 2 rings (SSSR count). The molecular weight excluding hydrogens is 304 g/mol. The van der Waals surface area contributed by atoms with Crippen molar-refractivity contribution in [2.24, 2.45) is 0 Å². The van der Waals surface area contributed by atoms with Crippen molar-refractivity contribution in [3.05, 3.63) is 63.1 Å². The Hall–Kier alpha value is -1.32. The lowest BCUT2D eigenvalue weighted by Crippen LogP contribution is -2.03. The average molecular weight is 321 g/mol.